The fourth-order valence-electron chi connectivity index (χ4n) is 2.43. The Bertz CT molecular complexity index is 377. The Kier molecular flexibility index (Phi) is 4.05. The van der Waals surface area contributed by atoms with Crippen LogP contribution < -0.4 is 11.3 Å². The van der Waals surface area contributed by atoms with Crippen LogP contribution in [0.5, 0.6) is 0 Å². The van der Waals surface area contributed by atoms with Gasteiger partial charge in [0.2, 0.25) is 0 Å². The predicted molar refractivity (Wildman–Crippen MR) is 69.9 cm³/mol. The second-order valence-electron chi connectivity index (χ2n) is 4.82. The van der Waals surface area contributed by atoms with Crippen LogP contribution in [0.2, 0.25) is 5.02 Å². The Labute approximate surface area is 107 Å². The molecule has 0 spiro atoms. The summed E-state index contributed by atoms with van der Waals surface area (Å²) in [5.74, 6) is 5.66. The number of nitrogens with two attached hydrogens (primary N) is 1. The molecule has 94 valence electrons. The monoisotopic (exact) mass is 254 g/mol. The number of rotatable bonds is 4. The lowest BCUT2D eigenvalue weighted by Crippen LogP contribution is -2.52. The first-order chi connectivity index (χ1) is 8.14. The van der Waals surface area contributed by atoms with Crippen molar-refractivity contribution in [3.8, 4) is 0 Å². The molecule has 17 heavy (non-hydrogen) atoms. The zero-order chi connectivity index (χ0) is 12.3. The molecule has 1 fully saturated rings. The van der Waals surface area contributed by atoms with Crippen LogP contribution in [-0.4, -0.2) is 18.2 Å². The van der Waals surface area contributed by atoms with E-state index >= 15 is 0 Å². The van der Waals surface area contributed by atoms with Gasteiger partial charge in [0, 0.05) is 11.6 Å². The number of halogens is 1. The molecule has 0 saturated carbocycles. The lowest BCUT2D eigenvalue weighted by atomic mass is 9.89. The van der Waals surface area contributed by atoms with Crippen molar-refractivity contribution in [3.63, 3.8) is 0 Å². The first-order valence-electron chi connectivity index (χ1n) is 5.98. The van der Waals surface area contributed by atoms with Crippen molar-refractivity contribution < 1.29 is 4.74 Å². The van der Waals surface area contributed by atoms with Gasteiger partial charge in [-0.25, -0.2) is 0 Å². The second kappa shape index (κ2) is 5.36. The smallest absolute Gasteiger partial charge is 0.0824 e. The summed E-state index contributed by atoms with van der Waals surface area (Å²) < 4.78 is 5.82. The van der Waals surface area contributed by atoms with E-state index in [0.29, 0.717) is 0 Å². The molecule has 4 heteroatoms. The molecule has 0 aliphatic carbocycles. The van der Waals surface area contributed by atoms with Crippen LogP contribution >= 0.6 is 11.6 Å². The first-order valence-corrected chi connectivity index (χ1v) is 6.36. The Morgan fingerprint density at radius 2 is 2.41 bits per heavy atom. The quantitative estimate of drug-likeness (QED) is 0.640. The number of nitrogens with one attached hydrogen (secondary N) is 1. The van der Waals surface area contributed by atoms with Crippen LogP contribution in [0.1, 0.15) is 25.3 Å². The van der Waals surface area contributed by atoms with Gasteiger partial charge in [0.25, 0.3) is 0 Å². The van der Waals surface area contributed by atoms with Gasteiger partial charge in [-0.15, -0.1) is 0 Å². The van der Waals surface area contributed by atoms with Gasteiger partial charge in [0.05, 0.1) is 11.6 Å². The number of hydrogen-bond acceptors (Lipinski definition) is 3. The summed E-state index contributed by atoms with van der Waals surface area (Å²) in [6.07, 6.45) is 2.97. The molecule has 1 aliphatic rings. The molecule has 0 amide bonds. The van der Waals surface area contributed by atoms with Crippen molar-refractivity contribution in [2.24, 2.45) is 5.84 Å². The molecular weight excluding hydrogens is 236 g/mol. The molecule has 0 radical (unpaired) electrons. The maximum Gasteiger partial charge on any atom is 0.0824 e. The standard InChI is InChI=1S/C13H19ClN2O/c1-13(6-3-7-17-13)12(16-15)9-10-4-2-5-11(14)8-10/h2,4-5,8,12,16H,3,6-7,9,15H2,1H3. The van der Waals surface area contributed by atoms with E-state index in [1.165, 1.54) is 5.56 Å². The molecule has 2 rings (SSSR count). The van der Waals surface area contributed by atoms with Gasteiger partial charge in [-0.1, -0.05) is 23.7 Å². The first kappa shape index (κ1) is 12.8. The second-order valence-corrected chi connectivity index (χ2v) is 5.25. The molecule has 3 N–H and O–H groups in total. The third kappa shape index (κ3) is 2.99. The summed E-state index contributed by atoms with van der Waals surface area (Å²) in [6.45, 7) is 2.94. The van der Waals surface area contributed by atoms with Gasteiger partial charge < -0.3 is 4.74 Å². The fourth-order valence-corrected chi connectivity index (χ4v) is 2.64. The third-order valence-corrected chi connectivity index (χ3v) is 3.75. The Morgan fingerprint density at radius 3 is 3.00 bits per heavy atom. The number of hydrogen-bond donors (Lipinski definition) is 2. The SMILES string of the molecule is CC1(C(Cc2cccc(Cl)c2)NN)CCCO1. The van der Waals surface area contributed by atoms with Crippen molar-refractivity contribution in [1.29, 1.82) is 0 Å². The molecule has 1 aromatic rings. The molecule has 1 aliphatic heterocycles. The summed E-state index contributed by atoms with van der Waals surface area (Å²) in [5.41, 5.74) is 3.89. The van der Waals surface area contributed by atoms with Crippen LogP contribution in [0.3, 0.4) is 0 Å². The van der Waals surface area contributed by atoms with Crippen molar-refractivity contribution in [2.45, 2.75) is 37.8 Å². The van der Waals surface area contributed by atoms with E-state index in [4.69, 9.17) is 22.2 Å². The van der Waals surface area contributed by atoms with E-state index in [1.807, 2.05) is 18.2 Å². The molecule has 0 bridgehead atoms. The molecule has 3 nitrogen and oxygen atoms in total. The van der Waals surface area contributed by atoms with E-state index in [1.54, 1.807) is 0 Å². The third-order valence-electron chi connectivity index (χ3n) is 3.52. The highest BCUT2D eigenvalue weighted by atomic mass is 35.5. The predicted octanol–water partition coefficient (Wildman–Crippen LogP) is 2.28. The lowest BCUT2D eigenvalue weighted by molar-refractivity contribution is -0.0115. The fraction of sp³-hybridized carbons (Fsp3) is 0.538. The minimum absolute atomic E-state index is 0.114. The Balaban J connectivity index is 2.09. The van der Waals surface area contributed by atoms with Crippen molar-refractivity contribution >= 4 is 11.6 Å². The molecular formula is C13H19ClN2O. The van der Waals surface area contributed by atoms with Gasteiger partial charge >= 0.3 is 0 Å². The summed E-state index contributed by atoms with van der Waals surface area (Å²) >= 11 is 5.98. The van der Waals surface area contributed by atoms with Gasteiger partial charge in [0.15, 0.2) is 0 Å². The Hall–Kier alpha value is -0.610. The summed E-state index contributed by atoms with van der Waals surface area (Å²) in [6, 6.07) is 7.99. The van der Waals surface area contributed by atoms with Crippen molar-refractivity contribution in [2.75, 3.05) is 6.61 Å². The zero-order valence-electron chi connectivity index (χ0n) is 10.1. The van der Waals surface area contributed by atoms with Crippen LogP contribution in [0.15, 0.2) is 24.3 Å². The zero-order valence-corrected chi connectivity index (χ0v) is 10.8. The molecule has 2 unspecified atom stereocenters. The molecule has 1 aromatic carbocycles. The summed E-state index contributed by atoms with van der Waals surface area (Å²) in [4.78, 5) is 0. The number of benzene rings is 1. The highest BCUT2D eigenvalue weighted by molar-refractivity contribution is 6.30. The van der Waals surface area contributed by atoms with Gasteiger partial charge in [-0.2, -0.15) is 0 Å². The molecule has 2 atom stereocenters. The maximum atomic E-state index is 5.98. The van der Waals surface area contributed by atoms with E-state index in [2.05, 4.69) is 18.4 Å². The van der Waals surface area contributed by atoms with Gasteiger partial charge in [-0.3, -0.25) is 11.3 Å². The average Bonchev–Trinajstić information content (AvgIpc) is 2.74. The van der Waals surface area contributed by atoms with E-state index in [0.717, 1.165) is 30.9 Å². The molecule has 1 saturated heterocycles. The molecule has 1 heterocycles. The lowest BCUT2D eigenvalue weighted by Gasteiger charge is -2.33. The van der Waals surface area contributed by atoms with Crippen molar-refractivity contribution in [3.05, 3.63) is 34.9 Å². The maximum absolute atomic E-state index is 5.98. The van der Waals surface area contributed by atoms with Crippen LogP contribution in [0.4, 0.5) is 0 Å². The summed E-state index contributed by atoms with van der Waals surface area (Å²) in [7, 11) is 0. The minimum atomic E-state index is -0.170. The van der Waals surface area contributed by atoms with Gasteiger partial charge in [-0.05, 0) is 43.9 Å². The number of hydrazine groups is 1. The number of ether oxygens (including phenoxy) is 1. The van der Waals surface area contributed by atoms with Crippen LogP contribution in [-0.2, 0) is 11.2 Å². The van der Waals surface area contributed by atoms with E-state index in [9.17, 15) is 0 Å². The minimum Gasteiger partial charge on any atom is -0.374 e. The highest BCUT2D eigenvalue weighted by Gasteiger charge is 2.37. The van der Waals surface area contributed by atoms with Crippen molar-refractivity contribution in [1.82, 2.24) is 5.43 Å². The summed E-state index contributed by atoms with van der Waals surface area (Å²) in [5, 5.41) is 0.760. The normalized spacial score (nSPS) is 26.1. The topological polar surface area (TPSA) is 47.3 Å². The largest absolute Gasteiger partial charge is 0.374 e. The van der Waals surface area contributed by atoms with Gasteiger partial charge in [0.1, 0.15) is 0 Å². The van der Waals surface area contributed by atoms with E-state index < -0.39 is 0 Å². The molecule has 0 aromatic heterocycles. The Morgan fingerprint density at radius 1 is 1.59 bits per heavy atom. The van der Waals surface area contributed by atoms with Crippen LogP contribution in [0, 0.1) is 0 Å². The highest BCUT2D eigenvalue weighted by Crippen LogP contribution is 2.30. The van der Waals surface area contributed by atoms with E-state index in [-0.39, 0.29) is 11.6 Å². The van der Waals surface area contributed by atoms with Crippen LogP contribution in [0.25, 0.3) is 0 Å². The average molecular weight is 255 g/mol.